The number of anilines is 3. The van der Waals surface area contributed by atoms with Gasteiger partial charge in [0.25, 0.3) is 0 Å². The zero-order valence-corrected chi connectivity index (χ0v) is 26.9. The van der Waals surface area contributed by atoms with Gasteiger partial charge in [-0.15, -0.1) is 11.3 Å². The summed E-state index contributed by atoms with van der Waals surface area (Å²) in [5.41, 5.74) is 5.83. The van der Waals surface area contributed by atoms with Gasteiger partial charge in [0.15, 0.2) is 0 Å². The van der Waals surface area contributed by atoms with Crippen LogP contribution in [0.15, 0.2) is 176 Å². The number of hydrogen-bond acceptors (Lipinski definition) is 2. The van der Waals surface area contributed by atoms with E-state index in [4.69, 9.17) is 0 Å². The highest BCUT2D eigenvalue weighted by molar-refractivity contribution is 7.25. The van der Waals surface area contributed by atoms with Crippen LogP contribution in [0.1, 0.15) is 0 Å². The van der Waals surface area contributed by atoms with Crippen molar-refractivity contribution < 1.29 is 0 Å². The molecule has 0 aliphatic heterocycles. The van der Waals surface area contributed by atoms with E-state index in [9.17, 15) is 0 Å². The first-order chi connectivity index (χ1) is 23.8. The zero-order chi connectivity index (χ0) is 31.6. The summed E-state index contributed by atoms with van der Waals surface area (Å²) in [6.45, 7) is 0. The first-order valence-electron chi connectivity index (χ1n) is 16.4. The average Bonchev–Trinajstić information content (AvgIpc) is 3.51. The van der Waals surface area contributed by atoms with E-state index in [1.807, 2.05) is 11.3 Å². The van der Waals surface area contributed by atoms with Crippen molar-refractivity contribution in [1.29, 1.82) is 0 Å². The molecule has 0 atom stereocenters. The van der Waals surface area contributed by atoms with Gasteiger partial charge in [-0.2, -0.15) is 0 Å². The highest BCUT2D eigenvalue weighted by atomic mass is 32.1. The van der Waals surface area contributed by atoms with E-state index >= 15 is 0 Å². The fraction of sp³-hybridized carbons (Fsp3) is 0. The zero-order valence-electron chi connectivity index (χ0n) is 26.1. The molecule has 0 fully saturated rings. The van der Waals surface area contributed by atoms with Crippen molar-refractivity contribution in [2.45, 2.75) is 0 Å². The molecule has 224 valence electrons. The third-order valence-electron chi connectivity index (χ3n) is 9.78. The maximum absolute atomic E-state index is 2.43. The highest BCUT2D eigenvalue weighted by Gasteiger charge is 2.16. The summed E-state index contributed by atoms with van der Waals surface area (Å²) in [6, 6.07) is 64.6. The lowest BCUT2D eigenvalue weighted by Gasteiger charge is -2.26. The number of fused-ring (bicyclic) bond motifs is 9. The van der Waals surface area contributed by atoms with Gasteiger partial charge in [0.1, 0.15) is 0 Å². The van der Waals surface area contributed by atoms with E-state index in [-0.39, 0.29) is 0 Å². The summed E-state index contributed by atoms with van der Waals surface area (Å²) in [7, 11) is 0. The monoisotopic (exact) mass is 627 g/mol. The topological polar surface area (TPSA) is 3.24 Å². The number of nitrogens with zero attached hydrogens (tertiary/aromatic N) is 1. The second-order valence-corrected chi connectivity index (χ2v) is 13.7. The second-order valence-electron chi connectivity index (χ2n) is 12.6. The molecular weight excluding hydrogens is 599 g/mol. The van der Waals surface area contributed by atoms with Crippen LogP contribution in [-0.2, 0) is 0 Å². The molecule has 0 aliphatic rings. The summed E-state index contributed by atoms with van der Waals surface area (Å²) in [4.78, 5) is 2.38. The van der Waals surface area contributed by atoms with E-state index in [2.05, 4.69) is 181 Å². The molecule has 0 aliphatic carbocycles. The normalized spacial score (nSPS) is 11.8. The number of hydrogen-bond donors (Lipinski definition) is 0. The van der Waals surface area contributed by atoms with Gasteiger partial charge in [0.2, 0.25) is 0 Å². The lowest BCUT2D eigenvalue weighted by atomic mass is 9.95. The van der Waals surface area contributed by atoms with Crippen molar-refractivity contribution in [2.75, 3.05) is 4.90 Å². The minimum Gasteiger partial charge on any atom is -0.310 e. The Kier molecular flexibility index (Phi) is 6.12. The lowest BCUT2D eigenvalue weighted by molar-refractivity contribution is 1.29. The smallest absolute Gasteiger partial charge is 0.0468 e. The van der Waals surface area contributed by atoms with Crippen LogP contribution in [-0.4, -0.2) is 0 Å². The Morgan fingerprint density at radius 2 is 0.917 bits per heavy atom. The molecule has 9 aromatic carbocycles. The number of rotatable bonds is 4. The molecular formula is C46H29NS. The first kappa shape index (κ1) is 27.2. The van der Waals surface area contributed by atoms with E-state index in [1.165, 1.54) is 74.4 Å². The van der Waals surface area contributed by atoms with Gasteiger partial charge in [-0.05, 0) is 109 Å². The van der Waals surface area contributed by atoms with Gasteiger partial charge in [-0.1, -0.05) is 121 Å². The molecule has 0 saturated carbocycles. The third-order valence-corrected chi connectivity index (χ3v) is 10.9. The predicted molar refractivity (Wildman–Crippen MR) is 209 cm³/mol. The van der Waals surface area contributed by atoms with Gasteiger partial charge in [-0.25, -0.2) is 0 Å². The van der Waals surface area contributed by atoms with Crippen molar-refractivity contribution in [1.82, 2.24) is 0 Å². The van der Waals surface area contributed by atoms with Crippen molar-refractivity contribution in [3.63, 3.8) is 0 Å². The Labute approximate surface area is 282 Å². The van der Waals surface area contributed by atoms with Crippen molar-refractivity contribution in [2.24, 2.45) is 0 Å². The molecule has 1 nitrogen and oxygen atoms in total. The Morgan fingerprint density at radius 3 is 1.75 bits per heavy atom. The fourth-order valence-corrected chi connectivity index (χ4v) is 8.57. The van der Waals surface area contributed by atoms with Gasteiger partial charge < -0.3 is 4.90 Å². The van der Waals surface area contributed by atoms with Gasteiger partial charge in [0, 0.05) is 37.2 Å². The van der Waals surface area contributed by atoms with Crippen molar-refractivity contribution in [3.8, 4) is 11.1 Å². The molecule has 0 amide bonds. The minimum atomic E-state index is 1.13. The fourth-order valence-electron chi connectivity index (χ4n) is 7.43. The molecule has 0 radical (unpaired) electrons. The Bertz CT molecular complexity index is 2830. The molecule has 10 rings (SSSR count). The third kappa shape index (κ3) is 4.38. The SMILES string of the molecule is c1ccc(-c2ccc(N(c3ccc4ccccc4c3)c3ccc4c(ccc5ccc6cc7sc8ccccc8c7cc6c54)c3)cc2)cc1. The van der Waals surface area contributed by atoms with Crippen LogP contribution in [0.2, 0.25) is 0 Å². The average molecular weight is 628 g/mol. The lowest BCUT2D eigenvalue weighted by Crippen LogP contribution is -2.10. The van der Waals surface area contributed by atoms with Crippen LogP contribution in [0.25, 0.3) is 74.4 Å². The summed E-state index contributed by atoms with van der Waals surface area (Å²) >= 11 is 1.88. The van der Waals surface area contributed by atoms with E-state index in [0.717, 1.165) is 17.1 Å². The predicted octanol–water partition coefficient (Wildman–Crippen LogP) is 13.8. The maximum Gasteiger partial charge on any atom is 0.0468 e. The van der Waals surface area contributed by atoms with Gasteiger partial charge in [-0.3, -0.25) is 0 Å². The van der Waals surface area contributed by atoms with Crippen LogP contribution >= 0.6 is 11.3 Å². The summed E-state index contributed by atoms with van der Waals surface area (Å²) in [6.07, 6.45) is 0. The van der Waals surface area contributed by atoms with E-state index in [1.54, 1.807) is 0 Å². The molecule has 0 spiro atoms. The quantitative estimate of drug-likeness (QED) is 0.176. The molecule has 10 aromatic rings. The summed E-state index contributed by atoms with van der Waals surface area (Å²) < 4.78 is 2.68. The minimum absolute atomic E-state index is 1.13. The van der Waals surface area contributed by atoms with E-state index < -0.39 is 0 Å². The molecule has 0 bridgehead atoms. The van der Waals surface area contributed by atoms with Crippen LogP contribution in [0, 0.1) is 0 Å². The van der Waals surface area contributed by atoms with Crippen LogP contribution in [0.3, 0.4) is 0 Å². The Morgan fingerprint density at radius 1 is 0.312 bits per heavy atom. The van der Waals surface area contributed by atoms with E-state index in [0.29, 0.717) is 0 Å². The molecule has 0 N–H and O–H groups in total. The molecule has 0 unspecified atom stereocenters. The summed E-state index contributed by atoms with van der Waals surface area (Å²) in [5.74, 6) is 0. The Hall–Kier alpha value is -5.96. The van der Waals surface area contributed by atoms with Crippen LogP contribution < -0.4 is 4.90 Å². The standard InChI is InChI=1S/C46H29NS/c1-2-8-30(9-3-1)32-18-21-37(22-19-32)47(38-23-20-31-10-4-5-11-34(31)26-38)39-24-25-40-35(27-39)16-14-33-15-17-36-28-45-43(29-42(36)46(33)40)41-12-6-7-13-44(41)48-45/h1-29H. The van der Waals surface area contributed by atoms with Crippen molar-refractivity contribution in [3.05, 3.63) is 176 Å². The second kappa shape index (κ2) is 10.8. The molecule has 1 heterocycles. The number of benzene rings is 9. The maximum atomic E-state index is 2.43. The molecule has 48 heavy (non-hydrogen) atoms. The first-order valence-corrected chi connectivity index (χ1v) is 17.2. The Balaban J connectivity index is 1.17. The molecule has 2 heteroatoms. The van der Waals surface area contributed by atoms with Crippen LogP contribution in [0.4, 0.5) is 17.1 Å². The van der Waals surface area contributed by atoms with Gasteiger partial charge in [0.05, 0.1) is 0 Å². The van der Waals surface area contributed by atoms with Crippen LogP contribution in [0.5, 0.6) is 0 Å². The largest absolute Gasteiger partial charge is 0.310 e. The molecule has 0 saturated heterocycles. The highest BCUT2D eigenvalue weighted by Crippen LogP contribution is 2.42. The number of thiophene rings is 1. The molecule has 1 aromatic heterocycles. The van der Waals surface area contributed by atoms with Gasteiger partial charge >= 0.3 is 0 Å². The van der Waals surface area contributed by atoms with Crippen molar-refractivity contribution >= 4 is 91.7 Å². The summed E-state index contributed by atoms with van der Waals surface area (Å²) in [5, 5.41) is 12.8.